The molecule has 1 saturated heterocycles. The van der Waals surface area contributed by atoms with E-state index in [9.17, 15) is 9.59 Å². The van der Waals surface area contributed by atoms with Crippen molar-refractivity contribution >= 4 is 34.3 Å². The smallest absolute Gasteiger partial charge is 0.239 e. The number of amides is 2. The lowest BCUT2D eigenvalue weighted by atomic mass is 10.1. The monoisotopic (exact) mass is 380 g/mol. The van der Waals surface area contributed by atoms with Gasteiger partial charge < -0.3 is 24.7 Å². The molecule has 8 nitrogen and oxygen atoms in total. The van der Waals surface area contributed by atoms with Gasteiger partial charge in [-0.3, -0.25) is 9.59 Å². The molecule has 1 aliphatic heterocycles. The Balaban J connectivity index is 1.40. The zero-order valence-electron chi connectivity index (χ0n) is 15.4. The lowest BCUT2D eigenvalue weighted by Gasteiger charge is -2.27. The Morgan fingerprint density at radius 2 is 2.25 bits per heavy atom. The van der Waals surface area contributed by atoms with Gasteiger partial charge in [0.05, 0.1) is 38.2 Å². The molecule has 8 heteroatoms. The first-order valence-electron chi connectivity index (χ1n) is 8.94. The number of nitrogens with zero attached hydrogens (tertiary/aromatic N) is 2. The Labute approximate surface area is 161 Å². The molecule has 1 aromatic carbocycles. The fraction of sp³-hybridized carbons (Fsp3) is 0.250. The third-order valence-electron chi connectivity index (χ3n) is 4.61. The lowest BCUT2D eigenvalue weighted by molar-refractivity contribution is -0.120. The van der Waals surface area contributed by atoms with Crippen LogP contribution in [-0.2, 0) is 16.0 Å². The van der Waals surface area contributed by atoms with Crippen molar-refractivity contribution in [3.05, 3.63) is 48.4 Å². The van der Waals surface area contributed by atoms with Gasteiger partial charge in [0.15, 0.2) is 0 Å². The summed E-state index contributed by atoms with van der Waals surface area (Å²) in [7, 11) is 1.60. The number of methoxy groups -OCH3 is 1. The fourth-order valence-electron chi connectivity index (χ4n) is 3.19. The van der Waals surface area contributed by atoms with Crippen LogP contribution in [-0.4, -0.2) is 43.5 Å². The van der Waals surface area contributed by atoms with Crippen LogP contribution in [0, 0.1) is 0 Å². The highest BCUT2D eigenvalue weighted by Gasteiger charge is 2.17. The van der Waals surface area contributed by atoms with E-state index in [0.717, 1.165) is 10.9 Å². The van der Waals surface area contributed by atoms with E-state index in [1.807, 2.05) is 17.0 Å². The molecule has 28 heavy (non-hydrogen) atoms. The minimum atomic E-state index is -0.162. The molecular weight excluding hydrogens is 360 g/mol. The van der Waals surface area contributed by atoms with Crippen LogP contribution in [0.3, 0.4) is 0 Å². The van der Waals surface area contributed by atoms with Gasteiger partial charge in [0.1, 0.15) is 17.2 Å². The molecule has 2 N–H and O–H groups in total. The van der Waals surface area contributed by atoms with Crippen LogP contribution in [0.25, 0.3) is 11.0 Å². The SMILES string of the molecule is COc1ccc2c(CC(=O)Nc3ccc(N4CCNC(=O)C4)nc3)coc2c1. The van der Waals surface area contributed by atoms with Crippen LogP contribution in [0.1, 0.15) is 5.56 Å². The van der Waals surface area contributed by atoms with E-state index in [1.54, 1.807) is 37.8 Å². The van der Waals surface area contributed by atoms with Crippen molar-refractivity contribution < 1.29 is 18.7 Å². The van der Waals surface area contributed by atoms with E-state index in [4.69, 9.17) is 9.15 Å². The largest absolute Gasteiger partial charge is 0.497 e. The molecular formula is C20H20N4O4. The highest BCUT2D eigenvalue weighted by Crippen LogP contribution is 2.26. The minimum absolute atomic E-state index is 0.0182. The predicted octanol–water partition coefficient (Wildman–Crippen LogP) is 1.95. The van der Waals surface area contributed by atoms with Crippen molar-refractivity contribution in [1.29, 1.82) is 0 Å². The number of rotatable bonds is 5. The number of carbonyl (C=O) groups is 2. The Kier molecular flexibility index (Phi) is 4.84. The van der Waals surface area contributed by atoms with Gasteiger partial charge >= 0.3 is 0 Å². The van der Waals surface area contributed by atoms with E-state index in [0.29, 0.717) is 35.9 Å². The summed E-state index contributed by atoms with van der Waals surface area (Å²) in [5.41, 5.74) is 2.09. The molecule has 0 atom stereocenters. The summed E-state index contributed by atoms with van der Waals surface area (Å²) in [6.45, 7) is 1.60. The number of carbonyl (C=O) groups excluding carboxylic acids is 2. The molecule has 2 amide bonds. The van der Waals surface area contributed by atoms with Crippen LogP contribution < -0.4 is 20.3 Å². The van der Waals surface area contributed by atoms with Crippen LogP contribution >= 0.6 is 0 Å². The van der Waals surface area contributed by atoms with Crippen molar-refractivity contribution in [3.63, 3.8) is 0 Å². The van der Waals surface area contributed by atoms with Crippen LogP contribution in [0.5, 0.6) is 5.75 Å². The maximum Gasteiger partial charge on any atom is 0.239 e. The van der Waals surface area contributed by atoms with Gasteiger partial charge in [-0.15, -0.1) is 0 Å². The maximum absolute atomic E-state index is 12.4. The third-order valence-corrected chi connectivity index (χ3v) is 4.61. The molecule has 0 bridgehead atoms. The van der Waals surface area contributed by atoms with E-state index < -0.39 is 0 Å². The first-order chi connectivity index (χ1) is 13.6. The minimum Gasteiger partial charge on any atom is -0.497 e. The highest BCUT2D eigenvalue weighted by atomic mass is 16.5. The summed E-state index contributed by atoms with van der Waals surface area (Å²) in [5, 5.41) is 6.50. The highest BCUT2D eigenvalue weighted by molar-refractivity contribution is 5.95. The Morgan fingerprint density at radius 1 is 1.36 bits per heavy atom. The number of hydrogen-bond acceptors (Lipinski definition) is 6. The van der Waals surface area contributed by atoms with Gasteiger partial charge in [-0.1, -0.05) is 0 Å². The molecule has 0 saturated carbocycles. The molecule has 4 rings (SSSR count). The number of piperazine rings is 1. The molecule has 3 aromatic rings. The van der Waals surface area contributed by atoms with Crippen molar-refractivity contribution in [1.82, 2.24) is 10.3 Å². The standard InChI is InChI=1S/C20H20N4O4/c1-27-15-3-4-16-13(12-28-17(16)9-15)8-19(25)23-14-2-5-18(22-10-14)24-7-6-21-20(26)11-24/h2-5,9-10,12H,6-8,11H2,1H3,(H,21,26)(H,23,25). The van der Waals surface area contributed by atoms with Gasteiger partial charge in [-0.05, 0) is 24.3 Å². The quantitative estimate of drug-likeness (QED) is 0.702. The topological polar surface area (TPSA) is 96.7 Å². The first kappa shape index (κ1) is 17.8. The third kappa shape index (κ3) is 3.75. The fourth-order valence-corrected chi connectivity index (χ4v) is 3.19. The number of nitrogens with one attached hydrogen (secondary N) is 2. The number of benzene rings is 1. The van der Waals surface area contributed by atoms with Crippen LogP contribution in [0.15, 0.2) is 47.2 Å². The van der Waals surface area contributed by atoms with Crippen molar-refractivity contribution in [2.24, 2.45) is 0 Å². The number of anilines is 2. The zero-order valence-corrected chi connectivity index (χ0v) is 15.4. The van der Waals surface area contributed by atoms with E-state index >= 15 is 0 Å². The summed E-state index contributed by atoms with van der Waals surface area (Å²) in [4.78, 5) is 30.1. The molecule has 144 valence electrons. The summed E-state index contributed by atoms with van der Waals surface area (Å²) in [5.74, 6) is 1.23. The van der Waals surface area contributed by atoms with E-state index in [-0.39, 0.29) is 24.8 Å². The molecule has 0 radical (unpaired) electrons. The van der Waals surface area contributed by atoms with Gasteiger partial charge in [-0.25, -0.2) is 4.98 Å². The Hall–Kier alpha value is -3.55. The van der Waals surface area contributed by atoms with Crippen molar-refractivity contribution in [2.75, 3.05) is 37.0 Å². The molecule has 2 aromatic heterocycles. The molecule has 1 aliphatic rings. The summed E-state index contributed by atoms with van der Waals surface area (Å²) < 4.78 is 10.7. The van der Waals surface area contributed by atoms with Gasteiger partial charge in [0.25, 0.3) is 0 Å². The van der Waals surface area contributed by atoms with Crippen molar-refractivity contribution in [2.45, 2.75) is 6.42 Å². The zero-order chi connectivity index (χ0) is 19.5. The number of fused-ring (bicyclic) bond motifs is 1. The molecule has 1 fully saturated rings. The normalized spacial score (nSPS) is 14.0. The van der Waals surface area contributed by atoms with Crippen molar-refractivity contribution in [3.8, 4) is 5.75 Å². The second kappa shape index (κ2) is 7.59. The first-order valence-corrected chi connectivity index (χ1v) is 8.94. The number of aromatic nitrogens is 1. The predicted molar refractivity (Wildman–Crippen MR) is 105 cm³/mol. The van der Waals surface area contributed by atoms with Gasteiger partial charge in [0.2, 0.25) is 11.8 Å². The summed E-state index contributed by atoms with van der Waals surface area (Å²) in [6, 6.07) is 9.09. The van der Waals surface area contributed by atoms with E-state index in [2.05, 4.69) is 15.6 Å². The van der Waals surface area contributed by atoms with Gasteiger partial charge in [0, 0.05) is 30.1 Å². The molecule has 3 heterocycles. The number of hydrogen-bond donors (Lipinski definition) is 2. The average Bonchev–Trinajstić information content (AvgIpc) is 3.10. The Bertz CT molecular complexity index is 1010. The molecule has 0 unspecified atom stereocenters. The molecule has 0 spiro atoms. The lowest BCUT2D eigenvalue weighted by Crippen LogP contribution is -2.48. The second-order valence-electron chi connectivity index (χ2n) is 6.52. The van der Waals surface area contributed by atoms with Crippen LogP contribution in [0.4, 0.5) is 11.5 Å². The number of ether oxygens (including phenoxy) is 1. The Morgan fingerprint density at radius 3 is 3.00 bits per heavy atom. The number of furan rings is 1. The van der Waals surface area contributed by atoms with Gasteiger partial charge in [-0.2, -0.15) is 0 Å². The number of pyridine rings is 1. The van der Waals surface area contributed by atoms with E-state index in [1.165, 1.54) is 0 Å². The molecule has 0 aliphatic carbocycles. The van der Waals surface area contributed by atoms with Crippen LogP contribution in [0.2, 0.25) is 0 Å². The summed E-state index contributed by atoms with van der Waals surface area (Å²) in [6.07, 6.45) is 3.37. The average molecular weight is 380 g/mol. The summed E-state index contributed by atoms with van der Waals surface area (Å²) >= 11 is 0. The maximum atomic E-state index is 12.4. The second-order valence-corrected chi connectivity index (χ2v) is 6.52.